The molecule has 2 N–H and O–H groups in total. The molecule has 0 saturated carbocycles. The second-order valence-electron chi connectivity index (χ2n) is 3.67. The topological polar surface area (TPSA) is 98.1 Å². The summed E-state index contributed by atoms with van der Waals surface area (Å²) in [4.78, 5) is 23.1. The number of ether oxygens (including phenoxy) is 1. The lowest BCUT2D eigenvalue weighted by molar-refractivity contribution is -0.118. The van der Waals surface area contributed by atoms with Gasteiger partial charge in [0, 0.05) is 18.9 Å². The number of esters is 1. The van der Waals surface area contributed by atoms with Crippen molar-refractivity contribution >= 4 is 11.8 Å². The fourth-order valence-corrected chi connectivity index (χ4v) is 1.32. The van der Waals surface area contributed by atoms with E-state index in [1.807, 2.05) is 0 Å². The minimum atomic E-state index is -0.622. The lowest BCUT2D eigenvalue weighted by Gasteiger charge is -2.05. The zero-order valence-corrected chi connectivity index (χ0v) is 10.1. The first-order valence-corrected chi connectivity index (χ1v) is 5.15. The number of carbonyl (C=O) groups is 2. The second kappa shape index (κ2) is 5.68. The third kappa shape index (κ3) is 2.98. The van der Waals surface area contributed by atoms with Crippen molar-refractivity contribution < 1.29 is 14.3 Å². The van der Waals surface area contributed by atoms with Crippen molar-refractivity contribution in [3.63, 3.8) is 0 Å². The van der Waals surface area contributed by atoms with Crippen LogP contribution in [-0.4, -0.2) is 22.9 Å². The largest absolute Gasteiger partial charge is 0.453 e. The van der Waals surface area contributed by atoms with Gasteiger partial charge in [0.15, 0.2) is 6.61 Å². The number of rotatable bonds is 4. The van der Waals surface area contributed by atoms with Gasteiger partial charge in [-0.05, 0) is 19.1 Å². The number of hydrogen-bond acceptors (Lipinski definition) is 5. The molecule has 1 aromatic heterocycles. The minimum Gasteiger partial charge on any atom is -0.453 e. The van der Waals surface area contributed by atoms with Crippen molar-refractivity contribution in [1.29, 1.82) is 5.26 Å². The van der Waals surface area contributed by atoms with Crippen molar-refractivity contribution in [2.75, 3.05) is 6.61 Å². The van der Waals surface area contributed by atoms with Crippen LogP contribution in [0.3, 0.4) is 0 Å². The van der Waals surface area contributed by atoms with Crippen molar-refractivity contribution in [1.82, 2.24) is 4.57 Å². The Morgan fingerprint density at radius 2 is 2.22 bits per heavy atom. The van der Waals surface area contributed by atoms with Crippen molar-refractivity contribution in [2.45, 2.75) is 6.92 Å². The molecule has 6 heteroatoms. The Labute approximate surface area is 104 Å². The van der Waals surface area contributed by atoms with Gasteiger partial charge in [0.25, 0.3) is 0 Å². The van der Waals surface area contributed by atoms with Crippen LogP contribution in [0.1, 0.15) is 17.4 Å². The Morgan fingerprint density at radius 1 is 1.56 bits per heavy atom. The van der Waals surface area contributed by atoms with Gasteiger partial charge in [0.2, 0.25) is 5.78 Å². The van der Waals surface area contributed by atoms with E-state index in [1.54, 1.807) is 36.0 Å². The van der Waals surface area contributed by atoms with Crippen LogP contribution in [0.5, 0.6) is 0 Å². The summed E-state index contributed by atoms with van der Waals surface area (Å²) >= 11 is 0. The number of aromatic nitrogens is 1. The highest BCUT2D eigenvalue weighted by atomic mass is 16.5. The third-order valence-electron chi connectivity index (χ3n) is 2.27. The maximum atomic E-state index is 11.6. The Hall–Kier alpha value is -2.55. The Kier molecular flexibility index (Phi) is 4.27. The Balaban J connectivity index is 2.66. The third-order valence-corrected chi connectivity index (χ3v) is 2.27. The molecular weight excluding hydrogens is 234 g/mol. The standard InChI is InChI=1S/C12H13N3O3/c1-8(14)9(6-13)11(16)7-18-12(17)10-4-3-5-15(10)2/h3-5H,7,14H2,1-2H3/b9-8+. The molecular formula is C12H13N3O3. The van der Waals surface area contributed by atoms with Gasteiger partial charge in [0.1, 0.15) is 17.3 Å². The molecule has 0 aliphatic heterocycles. The molecule has 0 aliphatic carbocycles. The average Bonchev–Trinajstić information content (AvgIpc) is 2.72. The van der Waals surface area contributed by atoms with Gasteiger partial charge in [-0.25, -0.2) is 4.79 Å². The molecule has 0 aliphatic rings. The van der Waals surface area contributed by atoms with E-state index in [1.165, 1.54) is 6.92 Å². The molecule has 0 amide bonds. The number of nitrogens with zero attached hydrogens (tertiary/aromatic N) is 2. The van der Waals surface area contributed by atoms with Crippen LogP contribution < -0.4 is 5.73 Å². The molecule has 0 aromatic carbocycles. The predicted molar refractivity (Wildman–Crippen MR) is 63.2 cm³/mol. The van der Waals surface area contributed by atoms with Gasteiger partial charge in [-0.15, -0.1) is 0 Å². The normalized spacial score (nSPS) is 11.4. The quantitative estimate of drug-likeness (QED) is 0.474. The SMILES string of the molecule is C/C(N)=C(/C#N)C(=O)COC(=O)c1cccn1C. The van der Waals surface area contributed by atoms with E-state index in [2.05, 4.69) is 0 Å². The first-order chi connectivity index (χ1) is 8.47. The highest BCUT2D eigenvalue weighted by Gasteiger charge is 2.16. The summed E-state index contributed by atoms with van der Waals surface area (Å²) in [7, 11) is 1.68. The van der Waals surface area contributed by atoms with Crippen LogP contribution >= 0.6 is 0 Å². The number of nitriles is 1. The molecule has 94 valence electrons. The number of carbonyl (C=O) groups excluding carboxylic acids is 2. The zero-order valence-electron chi connectivity index (χ0n) is 10.1. The highest BCUT2D eigenvalue weighted by molar-refractivity contribution is 6.01. The first-order valence-electron chi connectivity index (χ1n) is 5.15. The first kappa shape index (κ1) is 13.5. The molecule has 0 spiro atoms. The predicted octanol–water partition coefficient (Wildman–Crippen LogP) is 0.507. The van der Waals surface area contributed by atoms with E-state index in [9.17, 15) is 9.59 Å². The zero-order chi connectivity index (χ0) is 13.7. The van der Waals surface area contributed by atoms with E-state index in [0.29, 0.717) is 5.69 Å². The highest BCUT2D eigenvalue weighted by Crippen LogP contribution is 2.04. The number of Topliss-reactive ketones (excluding diaryl/α,β-unsaturated/α-hetero) is 1. The van der Waals surface area contributed by atoms with Gasteiger partial charge >= 0.3 is 5.97 Å². The molecule has 0 saturated heterocycles. The summed E-state index contributed by atoms with van der Waals surface area (Å²) in [6, 6.07) is 4.93. The number of aryl methyl sites for hydroxylation is 1. The molecule has 0 radical (unpaired) electrons. The number of ketones is 1. The van der Waals surface area contributed by atoms with Gasteiger partial charge in [0.05, 0.1) is 0 Å². The van der Waals surface area contributed by atoms with Crippen LogP contribution in [0.4, 0.5) is 0 Å². The molecule has 0 bridgehead atoms. The molecule has 0 fully saturated rings. The number of allylic oxidation sites excluding steroid dienone is 1. The number of hydrogen-bond donors (Lipinski definition) is 1. The monoisotopic (exact) mass is 247 g/mol. The van der Waals surface area contributed by atoms with Crippen molar-refractivity contribution in [3.05, 3.63) is 35.3 Å². The van der Waals surface area contributed by atoms with Crippen LogP contribution in [-0.2, 0) is 16.6 Å². The van der Waals surface area contributed by atoms with Gasteiger partial charge in [-0.3, -0.25) is 4.79 Å². The molecule has 0 unspecified atom stereocenters. The van der Waals surface area contributed by atoms with Crippen LogP contribution in [0.2, 0.25) is 0 Å². The van der Waals surface area contributed by atoms with Gasteiger partial charge in [-0.2, -0.15) is 5.26 Å². The van der Waals surface area contributed by atoms with E-state index in [-0.39, 0.29) is 11.3 Å². The fraction of sp³-hybridized carbons (Fsp3) is 0.250. The minimum absolute atomic E-state index is 0.109. The van der Waals surface area contributed by atoms with Crippen molar-refractivity contribution in [3.8, 4) is 6.07 Å². The summed E-state index contributed by atoms with van der Waals surface area (Å²) in [6.45, 7) is 0.941. The molecule has 1 heterocycles. The maximum absolute atomic E-state index is 11.6. The average molecular weight is 247 g/mol. The van der Waals surface area contributed by atoms with Gasteiger partial charge < -0.3 is 15.0 Å². The number of nitrogens with two attached hydrogens (primary N) is 1. The van der Waals surface area contributed by atoms with Crippen LogP contribution in [0, 0.1) is 11.3 Å². The smallest absolute Gasteiger partial charge is 0.355 e. The molecule has 0 atom stereocenters. The van der Waals surface area contributed by atoms with E-state index < -0.39 is 18.4 Å². The lowest BCUT2D eigenvalue weighted by Crippen LogP contribution is -2.18. The van der Waals surface area contributed by atoms with Crippen LogP contribution in [0.15, 0.2) is 29.6 Å². The van der Waals surface area contributed by atoms with E-state index in [0.717, 1.165) is 0 Å². The summed E-state index contributed by atoms with van der Waals surface area (Å²) in [6.07, 6.45) is 1.68. The lowest BCUT2D eigenvalue weighted by atomic mass is 10.1. The molecule has 6 nitrogen and oxygen atoms in total. The molecule has 1 rings (SSSR count). The fourth-order valence-electron chi connectivity index (χ4n) is 1.32. The summed E-state index contributed by atoms with van der Waals surface area (Å²) in [5.74, 6) is -1.23. The van der Waals surface area contributed by atoms with E-state index >= 15 is 0 Å². The Bertz CT molecular complexity index is 545. The molecule has 1 aromatic rings. The van der Waals surface area contributed by atoms with E-state index in [4.69, 9.17) is 15.7 Å². The van der Waals surface area contributed by atoms with Crippen molar-refractivity contribution in [2.24, 2.45) is 12.8 Å². The summed E-state index contributed by atoms with van der Waals surface area (Å²) in [5, 5.41) is 8.71. The Morgan fingerprint density at radius 3 is 2.67 bits per heavy atom. The molecule has 18 heavy (non-hydrogen) atoms. The maximum Gasteiger partial charge on any atom is 0.355 e. The summed E-state index contributed by atoms with van der Waals surface area (Å²) in [5.41, 5.74) is 5.62. The summed E-state index contributed by atoms with van der Waals surface area (Å²) < 4.78 is 6.38. The second-order valence-corrected chi connectivity index (χ2v) is 3.67. The van der Waals surface area contributed by atoms with Gasteiger partial charge in [-0.1, -0.05) is 0 Å². The van der Waals surface area contributed by atoms with Crippen LogP contribution in [0.25, 0.3) is 0 Å².